The van der Waals surface area contributed by atoms with Gasteiger partial charge in [-0.3, -0.25) is 4.79 Å². The lowest BCUT2D eigenvalue weighted by Crippen LogP contribution is -2.18. The molecule has 2 aromatic rings. The van der Waals surface area contributed by atoms with Crippen molar-refractivity contribution < 1.29 is 8.78 Å². The molecule has 0 aliphatic carbocycles. The van der Waals surface area contributed by atoms with E-state index in [1.807, 2.05) is 6.26 Å². The summed E-state index contributed by atoms with van der Waals surface area (Å²) in [6.45, 7) is 3.26. The van der Waals surface area contributed by atoms with Gasteiger partial charge in [-0.2, -0.15) is 11.8 Å². The van der Waals surface area contributed by atoms with E-state index in [1.54, 1.807) is 25.6 Å². The van der Waals surface area contributed by atoms with Crippen LogP contribution in [0.3, 0.4) is 0 Å². The summed E-state index contributed by atoms with van der Waals surface area (Å²) in [6.07, 6.45) is 1.94. The second kappa shape index (κ2) is 7.28. The summed E-state index contributed by atoms with van der Waals surface area (Å²) in [5.41, 5.74) is 0.432. The zero-order valence-electron chi connectivity index (χ0n) is 12.4. The Balaban J connectivity index is 2.51. The van der Waals surface area contributed by atoms with Gasteiger partial charge in [-0.15, -0.1) is 0 Å². The molecule has 0 spiro atoms. The Morgan fingerprint density at radius 2 is 1.95 bits per heavy atom. The predicted octanol–water partition coefficient (Wildman–Crippen LogP) is 3.92. The van der Waals surface area contributed by atoms with Crippen molar-refractivity contribution in [1.82, 2.24) is 9.97 Å². The average molecular weight is 342 g/mol. The highest BCUT2D eigenvalue weighted by atomic mass is 32.2. The lowest BCUT2D eigenvalue weighted by Gasteiger charge is -2.16. The van der Waals surface area contributed by atoms with Gasteiger partial charge in [-0.1, -0.05) is 24.8 Å². The van der Waals surface area contributed by atoms with Crippen LogP contribution in [0.5, 0.6) is 0 Å². The van der Waals surface area contributed by atoms with Crippen molar-refractivity contribution in [3.05, 3.63) is 57.0 Å². The van der Waals surface area contributed by atoms with Gasteiger partial charge >= 0.3 is 0 Å². The summed E-state index contributed by atoms with van der Waals surface area (Å²) in [6, 6.07) is 3.74. The Labute approximate surface area is 135 Å². The molecule has 1 N–H and O–H groups in total. The standard InChI is InChI=1S/C15H16F2N2OS2/c1-8(12-10(16)5-4-6-11(12)17)13-9(2)14(20)19-15(18-13)22-7-21-3/h4-6,8H,7H2,1-3H3,(H,18,19,20). The van der Waals surface area contributed by atoms with Crippen molar-refractivity contribution >= 4 is 23.5 Å². The van der Waals surface area contributed by atoms with E-state index in [0.717, 1.165) is 5.08 Å². The minimum absolute atomic E-state index is 0.0653. The summed E-state index contributed by atoms with van der Waals surface area (Å²) in [4.78, 5) is 19.1. The molecule has 0 aliphatic heterocycles. The molecule has 22 heavy (non-hydrogen) atoms. The van der Waals surface area contributed by atoms with E-state index in [2.05, 4.69) is 9.97 Å². The number of aromatic amines is 1. The molecule has 0 bridgehead atoms. The molecule has 0 saturated carbocycles. The second-order valence-electron chi connectivity index (χ2n) is 4.79. The number of nitrogens with zero attached hydrogens (tertiary/aromatic N) is 1. The Morgan fingerprint density at radius 1 is 1.32 bits per heavy atom. The lowest BCUT2D eigenvalue weighted by atomic mass is 9.94. The zero-order valence-corrected chi connectivity index (χ0v) is 14.1. The summed E-state index contributed by atoms with van der Waals surface area (Å²) < 4.78 is 27.9. The number of rotatable bonds is 5. The van der Waals surface area contributed by atoms with Crippen LogP contribution in [0.15, 0.2) is 28.2 Å². The van der Waals surface area contributed by atoms with Crippen molar-refractivity contribution in [3.63, 3.8) is 0 Å². The van der Waals surface area contributed by atoms with Gasteiger partial charge in [0.15, 0.2) is 5.16 Å². The van der Waals surface area contributed by atoms with Crippen LogP contribution >= 0.6 is 23.5 Å². The molecule has 0 fully saturated rings. The van der Waals surface area contributed by atoms with Crippen LogP contribution in [0.25, 0.3) is 0 Å². The van der Waals surface area contributed by atoms with E-state index >= 15 is 0 Å². The number of aromatic nitrogens is 2. The highest BCUT2D eigenvalue weighted by Gasteiger charge is 2.22. The van der Waals surface area contributed by atoms with Crippen LogP contribution in [0.1, 0.15) is 29.7 Å². The maximum Gasteiger partial charge on any atom is 0.254 e. The number of hydrogen-bond acceptors (Lipinski definition) is 4. The highest BCUT2D eigenvalue weighted by molar-refractivity contribution is 8.15. The molecule has 1 atom stereocenters. The molecule has 2 rings (SSSR count). The molecule has 118 valence electrons. The van der Waals surface area contributed by atoms with E-state index in [0.29, 0.717) is 16.4 Å². The number of H-pyrrole nitrogens is 1. The molecule has 0 radical (unpaired) electrons. The fourth-order valence-corrected chi connectivity index (χ4v) is 3.44. The van der Waals surface area contributed by atoms with Gasteiger partial charge < -0.3 is 4.98 Å². The summed E-state index contributed by atoms with van der Waals surface area (Å²) in [5, 5.41) is 1.19. The minimum Gasteiger partial charge on any atom is -0.301 e. The fraction of sp³-hybridized carbons (Fsp3) is 0.333. The largest absolute Gasteiger partial charge is 0.301 e. The SMILES string of the molecule is CSCSc1nc(C(C)c2c(F)cccc2F)c(C)c(=O)[nH]1. The molecule has 1 unspecified atom stereocenters. The van der Waals surface area contributed by atoms with Crippen molar-refractivity contribution in [2.45, 2.75) is 24.9 Å². The first-order valence-corrected chi connectivity index (χ1v) is 9.00. The maximum atomic E-state index is 14.0. The van der Waals surface area contributed by atoms with Crippen molar-refractivity contribution in [2.75, 3.05) is 11.3 Å². The van der Waals surface area contributed by atoms with Crippen LogP contribution in [-0.4, -0.2) is 21.3 Å². The molecule has 3 nitrogen and oxygen atoms in total. The normalized spacial score (nSPS) is 12.4. The smallest absolute Gasteiger partial charge is 0.254 e. The van der Waals surface area contributed by atoms with Crippen molar-refractivity contribution in [3.8, 4) is 0 Å². The number of halogens is 2. The van der Waals surface area contributed by atoms with E-state index in [1.165, 1.54) is 30.0 Å². The number of hydrogen-bond donors (Lipinski definition) is 1. The Bertz CT molecular complexity index is 714. The monoisotopic (exact) mass is 342 g/mol. The van der Waals surface area contributed by atoms with Gasteiger partial charge in [-0.25, -0.2) is 13.8 Å². The molecule has 1 aromatic heterocycles. The lowest BCUT2D eigenvalue weighted by molar-refractivity contribution is 0.543. The van der Waals surface area contributed by atoms with E-state index in [-0.39, 0.29) is 11.1 Å². The molecule has 0 saturated heterocycles. The van der Waals surface area contributed by atoms with Gasteiger partial charge in [0.2, 0.25) is 0 Å². The second-order valence-corrected chi connectivity index (χ2v) is 6.98. The third-order valence-electron chi connectivity index (χ3n) is 3.32. The number of benzene rings is 1. The van der Waals surface area contributed by atoms with E-state index < -0.39 is 17.6 Å². The van der Waals surface area contributed by atoms with Gasteiger partial charge in [0, 0.05) is 22.1 Å². The average Bonchev–Trinajstić information content (AvgIpc) is 2.48. The van der Waals surface area contributed by atoms with Crippen LogP contribution in [0.4, 0.5) is 8.78 Å². The topological polar surface area (TPSA) is 45.8 Å². The van der Waals surface area contributed by atoms with Gasteiger partial charge in [0.25, 0.3) is 5.56 Å². The van der Waals surface area contributed by atoms with Crippen LogP contribution in [0, 0.1) is 18.6 Å². The minimum atomic E-state index is -0.642. The highest BCUT2D eigenvalue weighted by Crippen LogP contribution is 2.29. The molecular weight excluding hydrogens is 326 g/mol. The Hall–Kier alpha value is -1.34. The summed E-state index contributed by atoms with van der Waals surface area (Å²) in [5.74, 6) is -1.91. The number of thioether (sulfide) groups is 2. The number of nitrogens with one attached hydrogen (secondary N) is 1. The third-order valence-corrected chi connectivity index (χ3v) is 5.20. The quantitative estimate of drug-likeness (QED) is 0.508. The fourth-order valence-electron chi connectivity index (χ4n) is 2.19. The first-order chi connectivity index (χ1) is 10.5. The molecule has 0 amide bonds. The first-order valence-electron chi connectivity index (χ1n) is 6.62. The van der Waals surface area contributed by atoms with Crippen LogP contribution in [-0.2, 0) is 0 Å². The van der Waals surface area contributed by atoms with Crippen LogP contribution in [0.2, 0.25) is 0 Å². The van der Waals surface area contributed by atoms with Gasteiger partial charge in [-0.05, 0) is 25.3 Å². The molecule has 1 heterocycles. The van der Waals surface area contributed by atoms with Crippen molar-refractivity contribution in [2.24, 2.45) is 0 Å². The van der Waals surface area contributed by atoms with Crippen LogP contribution < -0.4 is 5.56 Å². The van der Waals surface area contributed by atoms with Gasteiger partial charge in [0.05, 0.1) is 5.69 Å². The molecule has 1 aromatic carbocycles. The van der Waals surface area contributed by atoms with Crippen molar-refractivity contribution in [1.29, 1.82) is 0 Å². The first kappa shape index (κ1) is 17.0. The predicted molar refractivity (Wildman–Crippen MR) is 87.7 cm³/mol. The third kappa shape index (κ3) is 3.52. The Morgan fingerprint density at radius 3 is 2.55 bits per heavy atom. The molecule has 7 heteroatoms. The molecule has 0 aliphatic rings. The Kier molecular flexibility index (Phi) is 5.63. The van der Waals surface area contributed by atoms with E-state index in [4.69, 9.17) is 0 Å². The van der Waals surface area contributed by atoms with E-state index in [9.17, 15) is 13.6 Å². The molecular formula is C15H16F2N2OS2. The maximum absolute atomic E-state index is 14.0. The zero-order chi connectivity index (χ0) is 16.3. The summed E-state index contributed by atoms with van der Waals surface area (Å²) >= 11 is 2.99. The summed E-state index contributed by atoms with van der Waals surface area (Å²) in [7, 11) is 0. The van der Waals surface area contributed by atoms with Gasteiger partial charge in [0.1, 0.15) is 11.6 Å².